The van der Waals surface area contributed by atoms with E-state index in [1.54, 1.807) is 13.8 Å². The molecule has 0 saturated heterocycles. The maximum Gasteiger partial charge on any atom is 0.317 e. The molecule has 0 saturated carbocycles. The standard InChI is InChI=1S/C6H15O3P.C3H9O3P/c1-4-6(3,5-2)9-10(7)8;1-3(2)6-7(4)5/h10H,4-5H2,1-3H3,(H,7,8);3,7H,1-2H3,(H,4,5). The third-order valence-electron chi connectivity index (χ3n) is 2.17. The molecule has 0 rings (SSSR count). The quantitative estimate of drug-likeness (QED) is 0.731. The lowest BCUT2D eigenvalue weighted by atomic mass is 10.0. The van der Waals surface area contributed by atoms with Gasteiger partial charge >= 0.3 is 16.5 Å². The number of rotatable bonds is 6. The van der Waals surface area contributed by atoms with Crippen molar-refractivity contribution in [2.75, 3.05) is 0 Å². The average molecular weight is 290 g/mol. The first-order valence-electron chi connectivity index (χ1n) is 5.48. The van der Waals surface area contributed by atoms with E-state index in [1.807, 2.05) is 20.8 Å². The molecular formula is C9H24O6P2. The smallest absolute Gasteiger partial charge is 0.317 e. The van der Waals surface area contributed by atoms with Crippen molar-refractivity contribution in [3.05, 3.63) is 0 Å². The molecule has 0 bridgehead atoms. The van der Waals surface area contributed by atoms with E-state index in [2.05, 4.69) is 4.52 Å². The van der Waals surface area contributed by atoms with Crippen molar-refractivity contribution in [3.63, 3.8) is 0 Å². The third-order valence-corrected chi connectivity index (χ3v) is 3.51. The predicted molar refractivity (Wildman–Crippen MR) is 68.7 cm³/mol. The molecule has 0 aromatic carbocycles. The fraction of sp³-hybridized carbons (Fsp3) is 1.00. The van der Waals surface area contributed by atoms with Crippen molar-refractivity contribution >= 4 is 16.5 Å². The molecule has 2 unspecified atom stereocenters. The monoisotopic (exact) mass is 290 g/mol. The predicted octanol–water partition coefficient (Wildman–Crippen LogP) is 2.76. The fourth-order valence-corrected chi connectivity index (χ4v) is 1.92. The average Bonchev–Trinajstić information content (AvgIpc) is 2.15. The molecule has 0 radical (unpaired) electrons. The maximum atomic E-state index is 10.3. The van der Waals surface area contributed by atoms with Gasteiger partial charge in [0.05, 0.1) is 11.7 Å². The fourth-order valence-electron chi connectivity index (χ4n) is 0.807. The van der Waals surface area contributed by atoms with Crippen LogP contribution in [-0.2, 0) is 18.2 Å². The second kappa shape index (κ2) is 10.2. The molecule has 0 fully saturated rings. The van der Waals surface area contributed by atoms with E-state index in [0.29, 0.717) is 0 Å². The van der Waals surface area contributed by atoms with Crippen LogP contribution in [0.2, 0.25) is 0 Å². The van der Waals surface area contributed by atoms with Gasteiger partial charge in [0.2, 0.25) is 0 Å². The third kappa shape index (κ3) is 14.2. The minimum atomic E-state index is -2.77. The highest BCUT2D eigenvalue weighted by Crippen LogP contribution is 2.30. The molecule has 8 heteroatoms. The van der Waals surface area contributed by atoms with Crippen LogP contribution in [0.4, 0.5) is 0 Å². The van der Waals surface area contributed by atoms with Crippen molar-refractivity contribution in [2.24, 2.45) is 0 Å². The summed E-state index contributed by atoms with van der Waals surface area (Å²) in [6, 6.07) is 0. The molecule has 6 nitrogen and oxygen atoms in total. The summed E-state index contributed by atoms with van der Waals surface area (Å²) in [5.41, 5.74) is -0.412. The second-order valence-corrected chi connectivity index (χ2v) is 5.46. The molecule has 0 spiro atoms. The van der Waals surface area contributed by atoms with Crippen molar-refractivity contribution < 1.29 is 28.0 Å². The van der Waals surface area contributed by atoms with Crippen molar-refractivity contribution in [3.8, 4) is 0 Å². The lowest BCUT2D eigenvalue weighted by Crippen LogP contribution is -2.23. The Morgan fingerprint density at radius 3 is 1.59 bits per heavy atom. The highest BCUT2D eigenvalue weighted by molar-refractivity contribution is 7.32. The van der Waals surface area contributed by atoms with E-state index in [0.717, 1.165) is 12.8 Å². The van der Waals surface area contributed by atoms with E-state index in [1.165, 1.54) is 0 Å². The Labute approximate surface area is 104 Å². The van der Waals surface area contributed by atoms with Crippen molar-refractivity contribution in [1.29, 1.82) is 0 Å². The molecule has 0 aliphatic heterocycles. The Bertz CT molecular complexity index is 240. The van der Waals surface area contributed by atoms with Gasteiger partial charge in [0.25, 0.3) is 0 Å². The summed E-state index contributed by atoms with van der Waals surface area (Å²) in [4.78, 5) is 16.5. The van der Waals surface area contributed by atoms with Gasteiger partial charge in [0.15, 0.2) is 0 Å². The van der Waals surface area contributed by atoms with E-state index in [-0.39, 0.29) is 6.10 Å². The van der Waals surface area contributed by atoms with Crippen LogP contribution in [0.3, 0.4) is 0 Å². The zero-order chi connectivity index (χ0) is 14.1. The van der Waals surface area contributed by atoms with Gasteiger partial charge in [-0.1, -0.05) is 13.8 Å². The first kappa shape index (κ1) is 19.6. The summed E-state index contributed by atoms with van der Waals surface area (Å²) in [5, 5.41) is 0. The number of hydrogen-bond donors (Lipinski definition) is 2. The molecule has 106 valence electrons. The molecule has 2 N–H and O–H groups in total. The van der Waals surface area contributed by atoms with E-state index >= 15 is 0 Å². The topological polar surface area (TPSA) is 93.1 Å². The van der Waals surface area contributed by atoms with Crippen LogP contribution in [0.15, 0.2) is 0 Å². The Hall–Kier alpha value is 0.300. The van der Waals surface area contributed by atoms with Gasteiger partial charge in [0, 0.05) is 0 Å². The first-order valence-corrected chi connectivity index (χ1v) is 8.01. The van der Waals surface area contributed by atoms with E-state index < -0.39 is 22.1 Å². The summed E-state index contributed by atoms with van der Waals surface area (Å²) >= 11 is 0. The van der Waals surface area contributed by atoms with Crippen LogP contribution in [0.25, 0.3) is 0 Å². The normalized spacial score (nSPS) is 15.1. The lowest BCUT2D eigenvalue weighted by molar-refractivity contribution is 0.0758. The Balaban J connectivity index is 0. The summed E-state index contributed by atoms with van der Waals surface area (Å²) in [6.45, 7) is 9.13. The zero-order valence-corrected chi connectivity index (χ0v) is 13.0. The minimum Gasteiger partial charge on any atom is -0.326 e. The maximum absolute atomic E-state index is 10.3. The van der Waals surface area contributed by atoms with Crippen LogP contribution in [0.1, 0.15) is 47.5 Å². The van der Waals surface area contributed by atoms with Gasteiger partial charge in [0.1, 0.15) is 0 Å². The summed E-state index contributed by atoms with van der Waals surface area (Å²) in [6.07, 6.45) is 1.39. The van der Waals surface area contributed by atoms with Gasteiger partial charge in [-0.2, -0.15) is 0 Å². The molecule has 0 aliphatic rings. The van der Waals surface area contributed by atoms with E-state index in [4.69, 9.17) is 14.3 Å². The van der Waals surface area contributed by atoms with Crippen molar-refractivity contribution in [2.45, 2.75) is 59.2 Å². The number of hydrogen-bond acceptors (Lipinski definition) is 4. The lowest BCUT2D eigenvalue weighted by Gasteiger charge is -2.24. The molecule has 0 aromatic heterocycles. The van der Waals surface area contributed by atoms with Gasteiger partial charge in [-0.15, -0.1) is 0 Å². The Morgan fingerprint density at radius 2 is 1.53 bits per heavy atom. The molecule has 0 aliphatic carbocycles. The van der Waals surface area contributed by atoms with Crippen LogP contribution in [0.5, 0.6) is 0 Å². The Morgan fingerprint density at radius 1 is 1.12 bits per heavy atom. The minimum absolute atomic E-state index is 0.142. The highest BCUT2D eigenvalue weighted by Gasteiger charge is 2.21. The molecule has 0 amide bonds. The molecule has 0 heterocycles. The van der Waals surface area contributed by atoms with Crippen molar-refractivity contribution in [1.82, 2.24) is 0 Å². The van der Waals surface area contributed by atoms with Crippen LogP contribution in [0, 0.1) is 0 Å². The largest absolute Gasteiger partial charge is 0.326 e. The summed E-state index contributed by atoms with van der Waals surface area (Å²) in [7, 11) is -5.45. The molecule has 17 heavy (non-hydrogen) atoms. The van der Waals surface area contributed by atoms with Gasteiger partial charge in [-0.3, -0.25) is 9.13 Å². The van der Waals surface area contributed by atoms with Gasteiger partial charge < -0.3 is 18.8 Å². The zero-order valence-electron chi connectivity index (χ0n) is 11.0. The highest BCUT2D eigenvalue weighted by atomic mass is 31.1. The molecular weight excluding hydrogens is 266 g/mol. The van der Waals surface area contributed by atoms with Gasteiger partial charge in [-0.25, -0.2) is 0 Å². The summed E-state index contributed by atoms with van der Waals surface area (Å²) in [5.74, 6) is 0. The molecule has 2 atom stereocenters. The second-order valence-electron chi connectivity index (χ2n) is 3.96. The SMILES string of the molecule is CC(C)O[PH](=O)O.CCC(C)(CC)O[PH](=O)O. The van der Waals surface area contributed by atoms with Crippen LogP contribution in [-0.4, -0.2) is 21.5 Å². The van der Waals surface area contributed by atoms with Gasteiger partial charge in [-0.05, 0) is 33.6 Å². The first-order chi connectivity index (χ1) is 7.66. The van der Waals surface area contributed by atoms with Crippen LogP contribution < -0.4 is 0 Å². The Kier molecular flexibility index (Phi) is 11.8. The van der Waals surface area contributed by atoms with Crippen LogP contribution >= 0.6 is 16.5 Å². The molecule has 0 aromatic rings. The van der Waals surface area contributed by atoms with E-state index in [9.17, 15) is 9.13 Å². The summed E-state index contributed by atoms with van der Waals surface area (Å²) < 4.78 is 29.3.